The van der Waals surface area contributed by atoms with Gasteiger partial charge in [0.15, 0.2) is 0 Å². The zero-order valence-corrected chi connectivity index (χ0v) is 23.9. The number of nitrogens with zero attached hydrogens (tertiary/aromatic N) is 3. The molecule has 204 valence electrons. The quantitative estimate of drug-likeness (QED) is 0.349. The van der Waals surface area contributed by atoms with E-state index in [2.05, 4.69) is 11.0 Å². The van der Waals surface area contributed by atoms with Crippen molar-refractivity contribution in [3.05, 3.63) is 54.1 Å². The number of amides is 2. The van der Waals surface area contributed by atoms with Crippen LogP contribution >= 0.6 is 0 Å². The highest BCUT2D eigenvalue weighted by atomic mass is 16.5. The van der Waals surface area contributed by atoms with Crippen LogP contribution < -0.4 is 4.74 Å². The summed E-state index contributed by atoms with van der Waals surface area (Å²) in [5.41, 5.74) is 2.42. The molecule has 0 N–H and O–H groups in total. The molecule has 0 saturated carbocycles. The largest absolute Gasteiger partial charge is 0.494 e. The van der Waals surface area contributed by atoms with Gasteiger partial charge in [-0.2, -0.15) is 5.26 Å². The fourth-order valence-electron chi connectivity index (χ4n) is 4.85. The van der Waals surface area contributed by atoms with Gasteiger partial charge in [0.2, 0.25) is 11.8 Å². The molecule has 38 heavy (non-hydrogen) atoms. The summed E-state index contributed by atoms with van der Waals surface area (Å²) in [6.07, 6.45) is 3.14. The lowest BCUT2D eigenvalue weighted by Crippen LogP contribution is -2.52. The molecule has 0 spiro atoms. The molecule has 6 nitrogen and oxygen atoms in total. The van der Waals surface area contributed by atoms with Crippen LogP contribution in [-0.2, 0) is 9.59 Å². The number of imide groups is 1. The van der Waals surface area contributed by atoms with Gasteiger partial charge in [-0.15, -0.1) is 0 Å². The lowest BCUT2D eigenvalue weighted by atomic mass is 9.89. The number of carbonyl (C=O) groups is 2. The summed E-state index contributed by atoms with van der Waals surface area (Å²) in [5.74, 6) is 0.673. The van der Waals surface area contributed by atoms with Crippen LogP contribution in [0.4, 0.5) is 0 Å². The number of likely N-dealkylation sites (tertiary alicyclic amines) is 1. The van der Waals surface area contributed by atoms with E-state index >= 15 is 0 Å². The Morgan fingerprint density at radius 2 is 1.45 bits per heavy atom. The van der Waals surface area contributed by atoms with Gasteiger partial charge in [-0.25, -0.2) is 0 Å². The number of hydrogen-bond acceptors (Lipinski definition) is 5. The molecule has 0 radical (unpaired) electrons. The molecular formula is C32H43N3O3. The van der Waals surface area contributed by atoms with Crippen LogP contribution in [0.2, 0.25) is 0 Å². The van der Waals surface area contributed by atoms with E-state index in [4.69, 9.17) is 10.00 Å². The first kappa shape index (κ1) is 29.4. The van der Waals surface area contributed by atoms with E-state index in [1.807, 2.05) is 90.1 Å². The number of nitriles is 1. The Morgan fingerprint density at radius 3 is 1.95 bits per heavy atom. The zero-order valence-electron chi connectivity index (χ0n) is 23.9. The monoisotopic (exact) mass is 517 g/mol. The third kappa shape index (κ3) is 8.70. The van der Waals surface area contributed by atoms with Crippen molar-refractivity contribution in [3.63, 3.8) is 0 Å². The topological polar surface area (TPSA) is 73.6 Å². The second kappa shape index (κ2) is 12.6. The fraction of sp³-hybridized carbons (Fsp3) is 0.531. The van der Waals surface area contributed by atoms with Gasteiger partial charge in [0.05, 0.1) is 24.4 Å². The summed E-state index contributed by atoms with van der Waals surface area (Å²) in [6.45, 7) is 14.5. The van der Waals surface area contributed by atoms with Gasteiger partial charge >= 0.3 is 0 Å². The van der Waals surface area contributed by atoms with Gasteiger partial charge < -0.3 is 4.74 Å². The average Bonchev–Trinajstić information content (AvgIpc) is 3.28. The van der Waals surface area contributed by atoms with Crippen LogP contribution in [0, 0.1) is 22.2 Å². The fourth-order valence-corrected chi connectivity index (χ4v) is 4.85. The average molecular weight is 518 g/mol. The van der Waals surface area contributed by atoms with Crippen molar-refractivity contribution in [2.24, 2.45) is 10.8 Å². The predicted molar refractivity (Wildman–Crippen MR) is 151 cm³/mol. The second-order valence-electron chi connectivity index (χ2n) is 12.7. The summed E-state index contributed by atoms with van der Waals surface area (Å²) in [4.78, 5) is 30.5. The van der Waals surface area contributed by atoms with Crippen molar-refractivity contribution >= 4 is 11.8 Å². The summed E-state index contributed by atoms with van der Waals surface area (Å²) >= 11 is 0. The lowest BCUT2D eigenvalue weighted by molar-refractivity contribution is -0.153. The molecule has 2 amide bonds. The molecule has 1 aliphatic rings. The van der Waals surface area contributed by atoms with Crippen molar-refractivity contribution < 1.29 is 14.3 Å². The van der Waals surface area contributed by atoms with Crippen molar-refractivity contribution in [2.75, 3.05) is 19.7 Å². The lowest BCUT2D eigenvalue weighted by Gasteiger charge is -2.36. The van der Waals surface area contributed by atoms with Gasteiger partial charge in [-0.1, -0.05) is 65.8 Å². The molecule has 1 fully saturated rings. The molecule has 1 heterocycles. The standard InChI is InChI=1S/C32H43N3O3/c1-31(2,3)21-29(36)35(30(37)22-32(4,5)6)28-9-7-18-34(28)19-8-20-38-27-16-14-26(15-17-27)25-12-10-24(23-33)11-13-25/h10-17,28H,7-9,18-22H2,1-6H3. The van der Waals surface area contributed by atoms with Gasteiger partial charge in [0.1, 0.15) is 5.75 Å². The molecule has 3 rings (SSSR count). The van der Waals surface area contributed by atoms with Crippen molar-refractivity contribution in [3.8, 4) is 22.9 Å². The molecule has 6 heteroatoms. The third-order valence-electron chi connectivity index (χ3n) is 6.59. The van der Waals surface area contributed by atoms with E-state index in [0.29, 0.717) is 25.0 Å². The Labute approximate surface area is 228 Å². The molecule has 1 aliphatic heterocycles. The highest BCUT2D eigenvalue weighted by Crippen LogP contribution is 2.29. The molecule has 0 aliphatic carbocycles. The van der Waals surface area contributed by atoms with E-state index in [9.17, 15) is 9.59 Å². The minimum absolute atomic E-state index is 0.0674. The zero-order chi connectivity index (χ0) is 27.9. The Kier molecular flexibility index (Phi) is 9.73. The van der Waals surface area contributed by atoms with Crippen molar-refractivity contribution in [2.45, 2.75) is 79.8 Å². The maximum atomic E-state index is 13.3. The first-order valence-corrected chi connectivity index (χ1v) is 13.7. The first-order valence-electron chi connectivity index (χ1n) is 13.7. The van der Waals surface area contributed by atoms with Gasteiger partial charge in [0, 0.05) is 25.9 Å². The number of ether oxygens (including phenoxy) is 1. The highest BCUT2D eigenvalue weighted by molar-refractivity contribution is 5.96. The van der Waals surface area contributed by atoms with E-state index in [-0.39, 0.29) is 28.8 Å². The Balaban J connectivity index is 1.57. The van der Waals surface area contributed by atoms with Crippen molar-refractivity contribution in [1.29, 1.82) is 5.26 Å². The van der Waals surface area contributed by atoms with Crippen molar-refractivity contribution in [1.82, 2.24) is 9.80 Å². The normalized spacial score (nSPS) is 16.2. The van der Waals surface area contributed by atoms with Crippen LogP contribution in [0.1, 0.15) is 79.2 Å². The second-order valence-corrected chi connectivity index (χ2v) is 12.7. The third-order valence-corrected chi connectivity index (χ3v) is 6.59. The number of hydrogen-bond donors (Lipinski definition) is 0. The van der Waals surface area contributed by atoms with Crippen LogP contribution in [0.3, 0.4) is 0 Å². The minimum Gasteiger partial charge on any atom is -0.494 e. The predicted octanol–water partition coefficient (Wildman–Crippen LogP) is 6.64. The van der Waals surface area contributed by atoms with Gasteiger partial charge in [-0.3, -0.25) is 19.4 Å². The van der Waals surface area contributed by atoms with Crippen LogP contribution in [0.15, 0.2) is 48.5 Å². The SMILES string of the molecule is CC(C)(C)CC(=O)N(C(=O)CC(C)(C)C)C1CCCN1CCCOc1ccc(-c2ccc(C#N)cc2)cc1. The van der Waals surface area contributed by atoms with Crippen LogP contribution in [0.5, 0.6) is 5.75 Å². The Hall–Kier alpha value is -3.17. The molecule has 1 atom stereocenters. The highest BCUT2D eigenvalue weighted by Gasteiger charge is 2.38. The molecule has 1 saturated heterocycles. The number of benzene rings is 2. The van der Waals surface area contributed by atoms with E-state index < -0.39 is 0 Å². The Morgan fingerprint density at radius 1 is 0.921 bits per heavy atom. The van der Waals surface area contributed by atoms with Gasteiger partial charge in [-0.05, 0) is 65.5 Å². The summed E-state index contributed by atoms with van der Waals surface area (Å²) < 4.78 is 6.00. The Bertz CT molecular complexity index is 1090. The number of carbonyl (C=O) groups excluding carboxylic acids is 2. The minimum atomic E-state index is -0.176. The van der Waals surface area contributed by atoms with E-state index in [1.165, 1.54) is 0 Å². The molecular weight excluding hydrogens is 474 g/mol. The first-order chi connectivity index (χ1) is 17.9. The number of rotatable bonds is 9. The maximum Gasteiger partial charge on any atom is 0.231 e. The summed E-state index contributed by atoms with van der Waals surface area (Å²) in [6, 6.07) is 17.6. The smallest absolute Gasteiger partial charge is 0.231 e. The summed E-state index contributed by atoms with van der Waals surface area (Å²) in [7, 11) is 0. The van der Waals surface area contributed by atoms with E-state index in [0.717, 1.165) is 49.2 Å². The maximum absolute atomic E-state index is 13.3. The molecule has 1 unspecified atom stereocenters. The van der Waals surface area contributed by atoms with Crippen LogP contribution in [-0.4, -0.2) is 47.5 Å². The van der Waals surface area contributed by atoms with Crippen LogP contribution in [0.25, 0.3) is 11.1 Å². The van der Waals surface area contributed by atoms with E-state index in [1.54, 1.807) is 4.90 Å². The summed E-state index contributed by atoms with van der Waals surface area (Å²) in [5, 5.41) is 8.98. The molecule has 2 aromatic rings. The molecule has 0 bridgehead atoms. The van der Waals surface area contributed by atoms with Gasteiger partial charge in [0.25, 0.3) is 0 Å². The molecule has 2 aromatic carbocycles. The molecule has 0 aromatic heterocycles.